The molecule has 0 radical (unpaired) electrons. The van der Waals surface area contributed by atoms with E-state index in [1.54, 1.807) is 0 Å². The van der Waals surface area contributed by atoms with Crippen molar-refractivity contribution in [2.75, 3.05) is 12.3 Å². The van der Waals surface area contributed by atoms with Gasteiger partial charge in [0, 0.05) is 6.54 Å². The highest BCUT2D eigenvalue weighted by molar-refractivity contribution is 7.89. The lowest BCUT2D eigenvalue weighted by molar-refractivity contribution is -0.136. The van der Waals surface area contributed by atoms with Crippen LogP contribution in [0.3, 0.4) is 0 Å². The molecule has 0 spiro atoms. The van der Waals surface area contributed by atoms with Crippen LogP contribution in [0, 0.1) is 0 Å². The van der Waals surface area contributed by atoms with Gasteiger partial charge in [-0.15, -0.1) is 0 Å². The average molecular weight is 237 g/mol. The Morgan fingerprint density at radius 3 is 2.40 bits per heavy atom. The fourth-order valence-corrected chi connectivity index (χ4v) is 2.38. The molecular weight excluding hydrogens is 222 g/mol. The van der Waals surface area contributed by atoms with Crippen LogP contribution in [0.4, 0.5) is 0 Å². The van der Waals surface area contributed by atoms with Gasteiger partial charge in [-0.25, -0.2) is 13.1 Å². The van der Waals surface area contributed by atoms with Crippen LogP contribution in [0.2, 0.25) is 0 Å². The van der Waals surface area contributed by atoms with Crippen molar-refractivity contribution in [1.82, 2.24) is 4.72 Å². The van der Waals surface area contributed by atoms with Gasteiger partial charge in [0.1, 0.15) is 0 Å². The second-order valence-corrected chi connectivity index (χ2v) is 5.79. The molecule has 88 valence electrons. The maximum Gasteiger partial charge on any atom is 0.304 e. The smallest absolute Gasteiger partial charge is 0.304 e. The predicted molar refractivity (Wildman–Crippen MR) is 52.8 cm³/mol. The summed E-state index contributed by atoms with van der Waals surface area (Å²) in [4.78, 5) is 10.2. The minimum Gasteiger partial charge on any atom is -0.481 e. The van der Waals surface area contributed by atoms with E-state index in [0.29, 0.717) is 12.8 Å². The highest BCUT2D eigenvalue weighted by atomic mass is 32.2. The first-order valence-electron chi connectivity index (χ1n) is 4.75. The van der Waals surface area contributed by atoms with Gasteiger partial charge in [-0.3, -0.25) is 4.79 Å². The number of rotatable bonds is 6. The summed E-state index contributed by atoms with van der Waals surface area (Å²) in [5.41, 5.74) is -0.920. The maximum atomic E-state index is 11.2. The minimum atomic E-state index is -3.58. The number of hydrogen-bond donors (Lipinski definition) is 3. The van der Waals surface area contributed by atoms with E-state index in [-0.39, 0.29) is 6.54 Å². The number of hydrogen-bond acceptors (Lipinski definition) is 4. The third kappa shape index (κ3) is 4.15. The molecule has 15 heavy (non-hydrogen) atoms. The summed E-state index contributed by atoms with van der Waals surface area (Å²) < 4.78 is 24.7. The van der Waals surface area contributed by atoms with Crippen LogP contribution in [-0.2, 0) is 14.8 Å². The van der Waals surface area contributed by atoms with Crippen LogP contribution in [-0.4, -0.2) is 42.5 Å². The lowest BCUT2D eigenvalue weighted by atomic mass is 9.81. The third-order valence-corrected chi connectivity index (χ3v) is 3.82. The standard InChI is InChI=1S/C8H15NO5S/c10-7(11)2-5-15(13,14)9-6-8(12)3-1-4-8/h9,12H,1-6H2,(H,10,11). The predicted octanol–water partition coefficient (Wildman–Crippen LogP) is -0.704. The topological polar surface area (TPSA) is 104 Å². The molecule has 1 aliphatic rings. The Kier molecular flexibility index (Phi) is 3.69. The first-order valence-corrected chi connectivity index (χ1v) is 6.40. The molecule has 7 heteroatoms. The Morgan fingerprint density at radius 2 is 2.00 bits per heavy atom. The highest BCUT2D eigenvalue weighted by Gasteiger charge is 2.35. The van der Waals surface area contributed by atoms with Crippen molar-refractivity contribution in [2.45, 2.75) is 31.3 Å². The van der Waals surface area contributed by atoms with Crippen LogP contribution >= 0.6 is 0 Å². The first kappa shape index (κ1) is 12.4. The molecule has 0 aromatic rings. The zero-order valence-corrected chi connectivity index (χ0v) is 9.09. The zero-order valence-electron chi connectivity index (χ0n) is 8.27. The molecule has 1 fully saturated rings. The monoisotopic (exact) mass is 237 g/mol. The van der Waals surface area contributed by atoms with Crippen molar-refractivity contribution in [3.63, 3.8) is 0 Å². The molecule has 0 unspecified atom stereocenters. The molecule has 0 aromatic carbocycles. The largest absolute Gasteiger partial charge is 0.481 e. The highest BCUT2D eigenvalue weighted by Crippen LogP contribution is 2.30. The maximum absolute atomic E-state index is 11.2. The van der Waals surface area contributed by atoms with Crippen LogP contribution < -0.4 is 4.72 Å². The van der Waals surface area contributed by atoms with Gasteiger partial charge in [-0.05, 0) is 19.3 Å². The van der Waals surface area contributed by atoms with Crippen LogP contribution in [0.15, 0.2) is 0 Å². The van der Waals surface area contributed by atoms with Crippen molar-refractivity contribution in [3.8, 4) is 0 Å². The van der Waals surface area contributed by atoms with E-state index >= 15 is 0 Å². The van der Waals surface area contributed by atoms with Gasteiger partial charge in [0.2, 0.25) is 10.0 Å². The van der Waals surface area contributed by atoms with E-state index in [1.807, 2.05) is 0 Å². The fraction of sp³-hybridized carbons (Fsp3) is 0.875. The van der Waals surface area contributed by atoms with E-state index in [4.69, 9.17) is 5.11 Å². The summed E-state index contributed by atoms with van der Waals surface area (Å²) in [6.45, 7) is -0.0189. The van der Waals surface area contributed by atoms with Crippen molar-refractivity contribution in [3.05, 3.63) is 0 Å². The molecule has 0 aromatic heterocycles. The summed E-state index contributed by atoms with van der Waals surface area (Å²) in [7, 11) is -3.58. The number of carboxylic acids is 1. The van der Waals surface area contributed by atoms with Crippen LogP contribution in [0.25, 0.3) is 0 Å². The molecule has 0 atom stereocenters. The molecule has 0 amide bonds. The molecule has 1 rings (SSSR count). The number of carbonyl (C=O) groups is 1. The lowest BCUT2D eigenvalue weighted by Crippen LogP contribution is -2.48. The number of aliphatic hydroxyl groups is 1. The summed E-state index contributed by atoms with van der Waals surface area (Å²) >= 11 is 0. The van der Waals surface area contributed by atoms with Gasteiger partial charge in [-0.1, -0.05) is 0 Å². The summed E-state index contributed by atoms with van der Waals surface area (Å²) in [6, 6.07) is 0. The molecule has 3 N–H and O–H groups in total. The quantitative estimate of drug-likeness (QED) is 0.566. The van der Waals surface area contributed by atoms with Crippen molar-refractivity contribution in [1.29, 1.82) is 0 Å². The van der Waals surface area contributed by atoms with Crippen molar-refractivity contribution < 1.29 is 23.4 Å². The van der Waals surface area contributed by atoms with Crippen molar-refractivity contribution in [2.24, 2.45) is 0 Å². The minimum absolute atomic E-state index is 0.0189. The van der Waals surface area contributed by atoms with E-state index in [9.17, 15) is 18.3 Å². The van der Waals surface area contributed by atoms with Gasteiger partial charge >= 0.3 is 5.97 Å². The number of carboxylic acid groups (broad SMARTS) is 1. The number of sulfonamides is 1. The van der Waals surface area contributed by atoms with E-state index in [0.717, 1.165) is 6.42 Å². The molecular formula is C8H15NO5S. The SMILES string of the molecule is O=C(O)CCS(=O)(=O)NCC1(O)CCC1. The molecule has 0 aliphatic heterocycles. The Morgan fingerprint density at radius 1 is 1.40 bits per heavy atom. The average Bonchev–Trinajstić information content (AvgIpc) is 2.09. The van der Waals surface area contributed by atoms with E-state index in [1.165, 1.54) is 0 Å². The molecule has 0 bridgehead atoms. The molecule has 6 nitrogen and oxygen atoms in total. The second kappa shape index (κ2) is 4.46. The zero-order chi connectivity index (χ0) is 11.5. The number of nitrogens with one attached hydrogen (secondary N) is 1. The molecule has 1 saturated carbocycles. The van der Waals surface area contributed by atoms with Gasteiger partial charge in [-0.2, -0.15) is 0 Å². The van der Waals surface area contributed by atoms with Gasteiger partial charge in [0.25, 0.3) is 0 Å². The molecule has 0 saturated heterocycles. The summed E-state index contributed by atoms with van der Waals surface area (Å²) in [5, 5.41) is 17.9. The summed E-state index contributed by atoms with van der Waals surface area (Å²) in [6.07, 6.45) is 1.66. The third-order valence-electron chi connectivity index (χ3n) is 2.49. The number of aliphatic carboxylic acids is 1. The lowest BCUT2D eigenvalue weighted by Gasteiger charge is -2.36. The van der Waals surface area contributed by atoms with Gasteiger partial charge in [0.15, 0.2) is 0 Å². The van der Waals surface area contributed by atoms with Gasteiger partial charge < -0.3 is 10.2 Å². The Balaban J connectivity index is 2.33. The van der Waals surface area contributed by atoms with Gasteiger partial charge in [0.05, 0.1) is 17.8 Å². The van der Waals surface area contributed by atoms with Crippen LogP contribution in [0.5, 0.6) is 0 Å². The Bertz CT molecular complexity index is 333. The normalized spacial score (nSPS) is 19.5. The second-order valence-electron chi connectivity index (χ2n) is 3.86. The van der Waals surface area contributed by atoms with Crippen LogP contribution in [0.1, 0.15) is 25.7 Å². The summed E-state index contributed by atoms with van der Waals surface area (Å²) in [5.74, 6) is -1.60. The fourth-order valence-electron chi connectivity index (χ4n) is 1.30. The Labute approximate surface area is 88.3 Å². The first-order chi connectivity index (χ1) is 6.83. The molecule has 0 heterocycles. The Hall–Kier alpha value is -0.660. The van der Waals surface area contributed by atoms with Crippen molar-refractivity contribution >= 4 is 16.0 Å². The molecule has 1 aliphatic carbocycles. The van der Waals surface area contributed by atoms with E-state index in [2.05, 4.69) is 4.72 Å². The van der Waals surface area contributed by atoms with E-state index < -0.39 is 33.8 Å².